The van der Waals surface area contributed by atoms with Gasteiger partial charge < -0.3 is 9.80 Å². The first kappa shape index (κ1) is 9.58. The van der Waals surface area contributed by atoms with Gasteiger partial charge in [-0.2, -0.15) is 5.26 Å². The quantitative estimate of drug-likeness (QED) is 0.312. The first-order valence-electron chi connectivity index (χ1n) is 3.72. The zero-order chi connectivity index (χ0) is 9.14. The molecule has 4 nitrogen and oxygen atoms in total. The fourth-order valence-electron chi connectivity index (χ4n) is 1.29. The molecule has 1 rings (SSSR count). The molecule has 0 aliphatic carbocycles. The van der Waals surface area contributed by atoms with E-state index in [2.05, 4.69) is 6.19 Å². The number of rotatable bonds is 1. The molecule has 0 aromatic heterocycles. The summed E-state index contributed by atoms with van der Waals surface area (Å²) in [7, 11) is 1.78. The Morgan fingerprint density at radius 2 is 2.50 bits per heavy atom. The van der Waals surface area contributed by atoms with E-state index in [4.69, 9.17) is 5.26 Å². The van der Waals surface area contributed by atoms with Gasteiger partial charge >= 0.3 is 0 Å². The fourth-order valence-corrected chi connectivity index (χ4v) is 1.69. The lowest BCUT2D eigenvalue weighted by Gasteiger charge is -2.20. The Balaban J connectivity index is 2.47. The van der Waals surface area contributed by atoms with E-state index in [0.717, 1.165) is 13.0 Å². The molecule has 0 aromatic rings. The summed E-state index contributed by atoms with van der Waals surface area (Å²) in [6.07, 6.45) is 2.98. The molecule has 1 heterocycles. The second-order valence-corrected chi connectivity index (χ2v) is 3.78. The van der Waals surface area contributed by atoms with Crippen LogP contribution in [0.3, 0.4) is 0 Å². The minimum Gasteiger partial charge on any atom is -0.332 e. The maximum atomic E-state index is 10.9. The molecule has 1 aliphatic rings. The fraction of sp³-hybridized carbons (Fsp3) is 0.714. The number of carbonyl (C=O) groups excluding carboxylic acids is 1. The van der Waals surface area contributed by atoms with Crippen LogP contribution in [0.4, 0.5) is 4.79 Å². The molecule has 66 valence electrons. The Kier molecular flexibility index (Phi) is 3.14. The van der Waals surface area contributed by atoms with E-state index in [9.17, 15) is 4.79 Å². The number of carbonyl (C=O) groups is 1. The lowest BCUT2D eigenvalue weighted by atomic mass is 10.2. The number of nitriles is 1. The highest BCUT2D eigenvalue weighted by Crippen LogP contribution is 2.15. The monoisotopic (exact) mass is 279 g/mol. The van der Waals surface area contributed by atoms with Crippen LogP contribution >= 0.6 is 22.6 Å². The van der Waals surface area contributed by atoms with E-state index in [0.29, 0.717) is 6.54 Å². The summed E-state index contributed by atoms with van der Waals surface area (Å²) in [5.41, 5.74) is 0. The van der Waals surface area contributed by atoms with E-state index in [1.165, 1.54) is 0 Å². The third kappa shape index (κ3) is 2.00. The lowest BCUT2D eigenvalue weighted by Crippen LogP contribution is -2.35. The van der Waals surface area contributed by atoms with Gasteiger partial charge in [-0.05, 0) is 6.42 Å². The largest absolute Gasteiger partial charge is 0.332 e. The molecule has 0 aromatic carbocycles. The van der Waals surface area contributed by atoms with Gasteiger partial charge in [-0.3, -0.25) is 4.79 Å². The Bertz CT molecular complexity index is 225. The van der Waals surface area contributed by atoms with Crippen LogP contribution in [0.5, 0.6) is 0 Å². The molecule has 12 heavy (non-hydrogen) atoms. The van der Waals surface area contributed by atoms with Crippen molar-refractivity contribution in [3.05, 3.63) is 0 Å². The average molecular weight is 279 g/mol. The maximum absolute atomic E-state index is 10.9. The summed E-state index contributed by atoms with van der Waals surface area (Å²) in [6, 6.07) is 0.217. The van der Waals surface area contributed by atoms with Crippen LogP contribution in [-0.4, -0.2) is 39.9 Å². The highest BCUT2D eigenvalue weighted by atomic mass is 127. The average Bonchev–Trinajstić information content (AvgIpc) is 2.50. The molecular formula is C7H10IN3O. The number of amides is 1. The summed E-state index contributed by atoms with van der Waals surface area (Å²) >= 11 is 1.76. The number of hydrogen-bond acceptors (Lipinski definition) is 3. The second kappa shape index (κ2) is 3.94. The second-order valence-electron chi connectivity index (χ2n) is 2.85. The number of likely N-dealkylation sites (tertiary alicyclic amines) is 1. The number of hydrogen-bond donors (Lipinski definition) is 0. The van der Waals surface area contributed by atoms with E-state index in [1.54, 1.807) is 39.4 Å². The maximum Gasteiger partial charge on any atom is 0.283 e. The van der Waals surface area contributed by atoms with Gasteiger partial charge in [-0.1, -0.05) is 0 Å². The third-order valence-corrected chi connectivity index (χ3v) is 2.89. The predicted octanol–water partition coefficient (Wildman–Crippen LogP) is 1.03. The normalized spacial score (nSPS) is 22.1. The van der Waals surface area contributed by atoms with Crippen molar-refractivity contribution in [2.45, 2.75) is 12.5 Å². The van der Waals surface area contributed by atoms with Crippen molar-refractivity contribution < 1.29 is 4.79 Å². The summed E-state index contributed by atoms with van der Waals surface area (Å²) < 4.78 is 0.0392. The van der Waals surface area contributed by atoms with Gasteiger partial charge in [0.1, 0.15) is 0 Å². The van der Waals surface area contributed by atoms with Gasteiger partial charge in [0.25, 0.3) is 3.91 Å². The van der Waals surface area contributed by atoms with Crippen molar-refractivity contribution in [2.75, 3.05) is 20.1 Å². The number of likely N-dealkylation sites (N-methyl/N-ethyl adjacent to an activating group) is 1. The van der Waals surface area contributed by atoms with Gasteiger partial charge in [-0.15, -0.1) is 0 Å². The molecule has 1 amide bonds. The van der Waals surface area contributed by atoms with Gasteiger partial charge in [0.05, 0.1) is 6.04 Å². The van der Waals surface area contributed by atoms with Crippen LogP contribution in [0.25, 0.3) is 0 Å². The zero-order valence-electron chi connectivity index (χ0n) is 6.83. The van der Waals surface area contributed by atoms with E-state index >= 15 is 0 Å². The van der Waals surface area contributed by atoms with Gasteiger partial charge in [0.15, 0.2) is 6.19 Å². The van der Waals surface area contributed by atoms with Gasteiger partial charge in [0, 0.05) is 42.7 Å². The molecule has 0 bridgehead atoms. The topological polar surface area (TPSA) is 47.3 Å². The van der Waals surface area contributed by atoms with E-state index in [1.807, 2.05) is 0 Å². The van der Waals surface area contributed by atoms with E-state index < -0.39 is 0 Å². The Morgan fingerprint density at radius 3 is 2.92 bits per heavy atom. The molecule has 1 fully saturated rings. The Labute approximate surface area is 85.3 Å². The molecule has 1 aliphatic heterocycles. The minimum atomic E-state index is 0.0392. The molecule has 1 unspecified atom stereocenters. The molecule has 1 saturated heterocycles. The number of nitrogens with zero attached hydrogens (tertiary/aromatic N) is 3. The van der Waals surface area contributed by atoms with Gasteiger partial charge in [-0.25, -0.2) is 0 Å². The first-order valence-corrected chi connectivity index (χ1v) is 4.80. The summed E-state index contributed by atoms with van der Waals surface area (Å²) in [5.74, 6) is 0. The van der Waals surface area contributed by atoms with Crippen LogP contribution in [0, 0.1) is 11.5 Å². The zero-order valence-corrected chi connectivity index (χ0v) is 8.98. The molecule has 0 N–H and O–H groups in total. The highest BCUT2D eigenvalue weighted by Gasteiger charge is 2.26. The summed E-state index contributed by atoms with van der Waals surface area (Å²) in [6.45, 7) is 1.46. The molecule has 1 atom stereocenters. The van der Waals surface area contributed by atoms with Crippen molar-refractivity contribution in [1.29, 1.82) is 5.26 Å². The van der Waals surface area contributed by atoms with Crippen molar-refractivity contribution >= 4 is 26.5 Å². The summed E-state index contributed by atoms with van der Waals surface area (Å²) in [4.78, 5) is 14.3. The van der Waals surface area contributed by atoms with Crippen LogP contribution < -0.4 is 0 Å². The van der Waals surface area contributed by atoms with Gasteiger partial charge in [0.2, 0.25) is 0 Å². The van der Waals surface area contributed by atoms with Crippen molar-refractivity contribution in [3.8, 4) is 6.19 Å². The molecule has 0 saturated carbocycles. The molecule has 0 radical (unpaired) electrons. The van der Waals surface area contributed by atoms with Crippen LogP contribution in [-0.2, 0) is 0 Å². The highest BCUT2D eigenvalue weighted by molar-refractivity contribution is 14.1. The molecule has 5 heteroatoms. The first-order chi connectivity index (χ1) is 5.65. The smallest absolute Gasteiger partial charge is 0.283 e. The van der Waals surface area contributed by atoms with E-state index in [-0.39, 0.29) is 9.96 Å². The third-order valence-electron chi connectivity index (χ3n) is 2.13. The van der Waals surface area contributed by atoms with Crippen molar-refractivity contribution in [3.63, 3.8) is 0 Å². The Hall–Kier alpha value is -0.510. The lowest BCUT2D eigenvalue weighted by molar-refractivity contribution is 0.220. The standard InChI is InChI=1S/C7H10IN3O/c1-10(7(8)12)6-2-3-11(4-6)5-9/h6H,2-4H2,1H3. The minimum absolute atomic E-state index is 0.0392. The van der Waals surface area contributed by atoms with Crippen molar-refractivity contribution in [1.82, 2.24) is 9.80 Å². The van der Waals surface area contributed by atoms with Crippen molar-refractivity contribution in [2.24, 2.45) is 0 Å². The van der Waals surface area contributed by atoms with Crippen LogP contribution in [0.15, 0.2) is 0 Å². The molecule has 0 spiro atoms. The Morgan fingerprint density at radius 1 is 1.83 bits per heavy atom. The summed E-state index contributed by atoms with van der Waals surface area (Å²) in [5, 5.41) is 8.57. The molecular weight excluding hydrogens is 269 g/mol. The van der Waals surface area contributed by atoms with Crippen LogP contribution in [0.1, 0.15) is 6.42 Å². The SMILES string of the molecule is CN(C(=O)I)C1CCN(C#N)C1. The predicted molar refractivity (Wildman–Crippen MR) is 52.8 cm³/mol. The van der Waals surface area contributed by atoms with Crippen LogP contribution in [0.2, 0.25) is 0 Å². The number of halogens is 1.